The second kappa shape index (κ2) is 20.3. The van der Waals surface area contributed by atoms with Gasteiger partial charge in [0.05, 0.1) is 30.5 Å². The molecule has 326 valence electrons. The van der Waals surface area contributed by atoms with E-state index in [1.807, 2.05) is 26.8 Å². The zero-order valence-electron chi connectivity index (χ0n) is 36.2. The van der Waals surface area contributed by atoms with Crippen LogP contribution in [0.25, 0.3) is 0 Å². The predicted octanol–water partition coefficient (Wildman–Crippen LogP) is 4.94. The first-order valence-electron chi connectivity index (χ1n) is 21.5. The van der Waals surface area contributed by atoms with E-state index < -0.39 is 83.4 Å². The van der Waals surface area contributed by atoms with Crippen molar-refractivity contribution in [3.8, 4) is 0 Å². The van der Waals surface area contributed by atoms with Crippen molar-refractivity contribution in [3.05, 3.63) is 11.6 Å². The summed E-state index contributed by atoms with van der Waals surface area (Å²) in [5.41, 5.74) is -0.566. The van der Waals surface area contributed by atoms with Gasteiger partial charge in [-0.2, -0.15) is 0 Å². The smallest absolute Gasteiger partial charge is 0.332 e. The molecule has 0 aromatic carbocycles. The lowest BCUT2D eigenvalue weighted by atomic mass is 9.76. The van der Waals surface area contributed by atoms with Crippen molar-refractivity contribution in [1.82, 2.24) is 4.90 Å². The maximum Gasteiger partial charge on any atom is 0.332 e. The molecule has 3 fully saturated rings. The molecule has 3 aliphatic heterocycles. The highest BCUT2D eigenvalue weighted by Gasteiger charge is 2.58. The van der Waals surface area contributed by atoms with Gasteiger partial charge in [0.25, 0.3) is 11.7 Å². The highest BCUT2D eigenvalue weighted by molar-refractivity contribution is 6.39. The number of methoxy groups -OCH3 is 3. The van der Waals surface area contributed by atoms with Crippen molar-refractivity contribution in [1.29, 1.82) is 0 Å². The van der Waals surface area contributed by atoms with Crippen molar-refractivity contribution in [3.63, 3.8) is 0 Å². The van der Waals surface area contributed by atoms with Crippen LogP contribution >= 0.6 is 0 Å². The van der Waals surface area contributed by atoms with Crippen molar-refractivity contribution < 1.29 is 58.2 Å². The number of Topliss-reactive ketones (excluding diaryl/α,β-unsaturated/α-hetero) is 2. The number of rotatable bonds is 7. The molecule has 3 N–H and O–H groups in total. The molecular formula is C44H73NO12. The van der Waals surface area contributed by atoms with Crippen LogP contribution in [0.5, 0.6) is 0 Å². The fourth-order valence-corrected chi connectivity index (χ4v) is 10.1. The zero-order chi connectivity index (χ0) is 42.4. The molecule has 0 aromatic heterocycles. The number of aliphatic hydroxyl groups is 3. The fourth-order valence-electron chi connectivity index (χ4n) is 10.1. The first-order chi connectivity index (χ1) is 26.8. The summed E-state index contributed by atoms with van der Waals surface area (Å²) in [6, 6.07) is 0. The summed E-state index contributed by atoms with van der Waals surface area (Å²) in [4.78, 5) is 58.5. The molecule has 13 nitrogen and oxygen atoms in total. The summed E-state index contributed by atoms with van der Waals surface area (Å²) in [5, 5.41) is 34.3. The van der Waals surface area contributed by atoms with Gasteiger partial charge in [0.2, 0.25) is 5.79 Å². The third-order valence-corrected chi connectivity index (χ3v) is 13.9. The third-order valence-electron chi connectivity index (χ3n) is 13.9. The monoisotopic (exact) mass is 808 g/mol. The lowest BCUT2D eigenvalue weighted by Crippen LogP contribution is -2.66. The first kappa shape index (κ1) is 47.4. The molecule has 0 spiro atoms. The van der Waals surface area contributed by atoms with Crippen LogP contribution in [0.2, 0.25) is 0 Å². The minimum absolute atomic E-state index is 0.0375. The number of hydrogen-bond acceptors (Lipinski definition) is 12. The van der Waals surface area contributed by atoms with Crippen LogP contribution in [0, 0.1) is 35.5 Å². The van der Waals surface area contributed by atoms with Gasteiger partial charge in [-0.15, -0.1) is 0 Å². The molecule has 2 unspecified atom stereocenters. The SMILES string of the molecule is CC[C@@H]1/C=C(/C)C[C@H](C)C[C@H](OC)[C@H]2O[C@@](O)(C(=O)C(=O)N3CCCC[C@@]3(C)C(=O)O[C@H](C(C)CC3CC[C@@H](O)[C@H](OC)C3)[C@H](C)[C@@H](O)CC1=O)[C@H](C)C[C@@H]2OC. The second-order valence-corrected chi connectivity index (χ2v) is 18.3. The van der Waals surface area contributed by atoms with Crippen molar-refractivity contribution >= 4 is 23.4 Å². The van der Waals surface area contributed by atoms with Crippen LogP contribution in [0.1, 0.15) is 126 Å². The highest BCUT2D eigenvalue weighted by Crippen LogP contribution is 2.41. The molecule has 0 radical (unpaired) electrons. The Morgan fingerprint density at radius 3 is 2.19 bits per heavy atom. The molecule has 57 heavy (non-hydrogen) atoms. The normalized spacial score (nSPS) is 42.6. The maximum atomic E-state index is 14.6. The molecule has 3 heterocycles. The number of ether oxygens (including phenoxy) is 5. The van der Waals surface area contributed by atoms with Crippen molar-refractivity contribution in [2.75, 3.05) is 27.9 Å². The molecule has 2 bridgehead atoms. The molecule has 2 saturated heterocycles. The average Bonchev–Trinajstić information content (AvgIpc) is 3.18. The van der Waals surface area contributed by atoms with Gasteiger partial charge in [0.15, 0.2) is 0 Å². The van der Waals surface area contributed by atoms with Gasteiger partial charge in [-0.25, -0.2) is 4.79 Å². The zero-order valence-corrected chi connectivity index (χ0v) is 36.2. The van der Waals surface area contributed by atoms with Gasteiger partial charge in [-0.05, 0) is 102 Å². The minimum Gasteiger partial charge on any atom is -0.460 e. The number of esters is 1. The van der Waals surface area contributed by atoms with Gasteiger partial charge in [-0.3, -0.25) is 14.4 Å². The van der Waals surface area contributed by atoms with E-state index in [9.17, 15) is 34.5 Å². The van der Waals surface area contributed by atoms with E-state index in [2.05, 4.69) is 6.92 Å². The maximum absolute atomic E-state index is 14.6. The number of fused-ring (bicyclic) bond motifs is 3. The van der Waals surface area contributed by atoms with Gasteiger partial charge in [0, 0.05) is 52.0 Å². The van der Waals surface area contributed by atoms with Crippen LogP contribution in [0.15, 0.2) is 11.6 Å². The fraction of sp³-hybridized carbons (Fsp3) is 0.864. The molecule has 15 atom stereocenters. The van der Waals surface area contributed by atoms with E-state index in [1.165, 1.54) is 19.1 Å². The Morgan fingerprint density at radius 2 is 1.56 bits per heavy atom. The van der Waals surface area contributed by atoms with Gasteiger partial charge in [0.1, 0.15) is 23.5 Å². The van der Waals surface area contributed by atoms with Crippen LogP contribution in [0.4, 0.5) is 0 Å². The Bertz CT molecular complexity index is 1420. The Morgan fingerprint density at radius 1 is 0.912 bits per heavy atom. The summed E-state index contributed by atoms with van der Waals surface area (Å²) >= 11 is 0. The summed E-state index contributed by atoms with van der Waals surface area (Å²) in [6.45, 7) is 13.1. The number of allylic oxidation sites excluding steroid dienone is 2. The first-order valence-corrected chi connectivity index (χ1v) is 21.5. The molecule has 1 amide bonds. The molecule has 4 aliphatic rings. The summed E-state index contributed by atoms with van der Waals surface area (Å²) in [5.74, 6) is -7.53. The second-order valence-electron chi connectivity index (χ2n) is 18.3. The highest BCUT2D eigenvalue weighted by atomic mass is 16.7. The average molecular weight is 808 g/mol. The van der Waals surface area contributed by atoms with E-state index in [4.69, 9.17) is 23.7 Å². The van der Waals surface area contributed by atoms with E-state index >= 15 is 0 Å². The number of nitrogens with zero attached hydrogens (tertiary/aromatic N) is 1. The number of hydrogen-bond donors (Lipinski definition) is 3. The Hall–Kier alpha value is -2.26. The molecule has 1 saturated carbocycles. The standard InChI is InChI=1S/C44H73NO12/c1-11-31-19-25(2)18-26(3)20-36(54-9)39-37(55-10)22-28(5)44(52,57-39)40(49)41(50)45-17-13-12-16-43(45,7)42(51)56-38(29(6)33(47)24-34(31)48)27(4)21-30-14-15-32(46)35(23-30)53-8/h19,26-33,35-39,46-47,52H,11-18,20-24H2,1-10H3/b25-19-/t26-,27?,28+,29+,30?,31+,32+,33-,35+,36-,37-,38+,39+,43-,44+/m0/s1. The number of piperidine rings is 1. The quantitative estimate of drug-likeness (QED) is 0.180. The van der Waals surface area contributed by atoms with Crippen molar-refractivity contribution in [2.45, 2.75) is 180 Å². The lowest BCUT2D eigenvalue weighted by Gasteiger charge is -2.48. The van der Waals surface area contributed by atoms with E-state index in [-0.39, 0.29) is 55.4 Å². The van der Waals surface area contributed by atoms with Gasteiger partial charge in [-0.1, -0.05) is 46.3 Å². The van der Waals surface area contributed by atoms with Crippen molar-refractivity contribution in [2.24, 2.45) is 35.5 Å². The minimum atomic E-state index is -2.51. The number of carbonyl (C=O) groups is 4. The Kier molecular flexibility index (Phi) is 16.9. The van der Waals surface area contributed by atoms with Crippen LogP contribution in [-0.2, 0) is 42.9 Å². The number of amides is 1. The third kappa shape index (κ3) is 10.7. The molecule has 13 heteroatoms. The summed E-state index contributed by atoms with van der Waals surface area (Å²) in [7, 11) is 4.66. The van der Waals surface area contributed by atoms with E-state index in [0.717, 1.165) is 12.0 Å². The lowest BCUT2D eigenvalue weighted by molar-refractivity contribution is -0.302. The molecule has 4 rings (SSSR count). The topological polar surface area (TPSA) is 178 Å². The van der Waals surface area contributed by atoms with Gasteiger partial charge >= 0.3 is 5.97 Å². The predicted molar refractivity (Wildman–Crippen MR) is 213 cm³/mol. The largest absolute Gasteiger partial charge is 0.460 e. The van der Waals surface area contributed by atoms with E-state index in [0.29, 0.717) is 51.4 Å². The molecule has 1 aliphatic carbocycles. The molecular weight excluding hydrogens is 734 g/mol. The Balaban J connectivity index is 1.77. The van der Waals surface area contributed by atoms with Crippen LogP contribution in [0.3, 0.4) is 0 Å². The number of carbonyl (C=O) groups excluding carboxylic acids is 4. The number of ketones is 2. The van der Waals surface area contributed by atoms with Crippen LogP contribution < -0.4 is 0 Å². The summed E-state index contributed by atoms with van der Waals surface area (Å²) in [6.07, 6.45) is 2.75. The van der Waals surface area contributed by atoms with Crippen LogP contribution in [-0.4, -0.2) is 126 Å². The number of aliphatic hydroxyl groups excluding tert-OH is 2. The van der Waals surface area contributed by atoms with E-state index in [1.54, 1.807) is 27.9 Å². The number of cyclic esters (lactones) is 1. The summed E-state index contributed by atoms with van der Waals surface area (Å²) < 4.78 is 30.0. The molecule has 0 aromatic rings. The Labute approximate surface area is 340 Å². The van der Waals surface area contributed by atoms with Gasteiger partial charge < -0.3 is 43.9 Å².